The normalized spacial score (nSPS) is 18.2. The molecule has 1 heterocycles. The maximum atomic E-state index is 10.5. The van der Waals surface area contributed by atoms with Crippen LogP contribution >= 0.6 is 0 Å². The van der Waals surface area contributed by atoms with Crippen molar-refractivity contribution in [2.24, 2.45) is 0 Å². The predicted octanol–water partition coefficient (Wildman–Crippen LogP) is 3.60. The first-order chi connectivity index (χ1) is 9.75. The monoisotopic (exact) mass is 270 g/mol. The van der Waals surface area contributed by atoms with Gasteiger partial charge in [0.05, 0.1) is 0 Å². The van der Waals surface area contributed by atoms with E-state index in [1.54, 1.807) is 0 Å². The summed E-state index contributed by atoms with van der Waals surface area (Å²) in [6.45, 7) is 4.30. The van der Waals surface area contributed by atoms with Gasteiger partial charge >= 0.3 is 0 Å². The van der Waals surface area contributed by atoms with E-state index in [-0.39, 0.29) is 6.04 Å². The number of nitrogens with one attached hydrogen (secondary N) is 1. The summed E-state index contributed by atoms with van der Waals surface area (Å²) in [5.74, 6) is 0.403. The van der Waals surface area contributed by atoms with Crippen LogP contribution in [0.2, 0.25) is 0 Å². The van der Waals surface area contributed by atoms with Gasteiger partial charge in [0.25, 0.3) is 0 Å². The minimum Gasteiger partial charge on any atom is -0.507 e. The van der Waals surface area contributed by atoms with Crippen LogP contribution in [-0.4, -0.2) is 23.2 Å². The maximum Gasteiger partial charge on any atom is 0.128 e. The first-order valence-electron chi connectivity index (χ1n) is 7.47. The number of benzene rings is 2. The minimum atomic E-state index is 0.123. The van der Waals surface area contributed by atoms with Crippen LogP contribution in [0.1, 0.15) is 37.8 Å². The van der Waals surface area contributed by atoms with E-state index >= 15 is 0 Å². The third-order valence-electron chi connectivity index (χ3n) is 4.13. The van der Waals surface area contributed by atoms with Crippen LogP contribution in [0, 0.1) is 0 Å². The number of piperidine rings is 1. The van der Waals surface area contributed by atoms with Crippen LogP contribution in [0.4, 0.5) is 0 Å². The second-order valence-corrected chi connectivity index (χ2v) is 5.62. The third kappa shape index (κ3) is 2.65. The first-order valence-corrected chi connectivity index (χ1v) is 7.47. The molecule has 0 spiro atoms. The number of fused-ring (bicyclic) bond motifs is 1. The number of aromatic hydroxyl groups is 1. The van der Waals surface area contributed by atoms with Crippen molar-refractivity contribution in [1.29, 1.82) is 0 Å². The lowest BCUT2D eigenvalue weighted by atomic mass is 10.0. The van der Waals surface area contributed by atoms with Gasteiger partial charge in [-0.25, -0.2) is 10.4 Å². The first kappa shape index (κ1) is 13.4. The molecule has 0 aliphatic carbocycles. The summed E-state index contributed by atoms with van der Waals surface area (Å²) in [6.07, 6.45) is 3.83. The van der Waals surface area contributed by atoms with Crippen LogP contribution < -0.4 is 5.43 Å². The summed E-state index contributed by atoms with van der Waals surface area (Å²) >= 11 is 0. The van der Waals surface area contributed by atoms with E-state index < -0.39 is 0 Å². The molecule has 1 atom stereocenters. The van der Waals surface area contributed by atoms with E-state index in [0.717, 1.165) is 29.4 Å². The van der Waals surface area contributed by atoms with Gasteiger partial charge < -0.3 is 5.11 Å². The smallest absolute Gasteiger partial charge is 0.128 e. The molecule has 3 nitrogen and oxygen atoms in total. The Hall–Kier alpha value is -1.58. The highest BCUT2D eigenvalue weighted by Crippen LogP contribution is 2.32. The highest BCUT2D eigenvalue weighted by atomic mass is 16.3. The number of phenolic OH excluding ortho intramolecular Hbond substituents is 1. The summed E-state index contributed by atoms with van der Waals surface area (Å²) in [5, 5.41) is 14.8. The van der Waals surface area contributed by atoms with Crippen molar-refractivity contribution >= 4 is 10.8 Å². The molecule has 2 aromatic carbocycles. The Morgan fingerprint density at radius 3 is 2.60 bits per heavy atom. The van der Waals surface area contributed by atoms with Crippen molar-refractivity contribution < 1.29 is 5.11 Å². The fourth-order valence-corrected chi connectivity index (χ4v) is 2.99. The van der Waals surface area contributed by atoms with Crippen molar-refractivity contribution in [1.82, 2.24) is 10.4 Å². The predicted molar refractivity (Wildman–Crippen MR) is 82.6 cm³/mol. The number of hydrogen-bond donors (Lipinski definition) is 2. The molecule has 0 aromatic heterocycles. The van der Waals surface area contributed by atoms with Crippen LogP contribution in [0.3, 0.4) is 0 Å². The number of phenols is 1. The molecule has 0 radical (unpaired) electrons. The fourth-order valence-electron chi connectivity index (χ4n) is 2.99. The molecule has 1 aliphatic rings. The number of hydrogen-bond acceptors (Lipinski definition) is 3. The average Bonchev–Trinajstić information content (AvgIpc) is 2.49. The molecule has 1 saturated heterocycles. The van der Waals surface area contributed by atoms with Crippen molar-refractivity contribution in [2.75, 3.05) is 13.1 Å². The summed E-state index contributed by atoms with van der Waals surface area (Å²) in [5.41, 5.74) is 4.48. The zero-order chi connectivity index (χ0) is 13.9. The molecule has 3 rings (SSSR count). The van der Waals surface area contributed by atoms with Crippen LogP contribution in [0.5, 0.6) is 5.75 Å². The largest absolute Gasteiger partial charge is 0.507 e. The van der Waals surface area contributed by atoms with Crippen LogP contribution in [-0.2, 0) is 0 Å². The topological polar surface area (TPSA) is 35.5 Å². The van der Waals surface area contributed by atoms with E-state index in [1.165, 1.54) is 19.3 Å². The zero-order valence-electron chi connectivity index (χ0n) is 12.0. The van der Waals surface area contributed by atoms with Gasteiger partial charge in [-0.3, -0.25) is 0 Å². The molecular formula is C17H22N2O. The number of hydrazine groups is 1. The lowest BCUT2D eigenvalue weighted by Gasteiger charge is -2.30. The Bertz CT molecular complexity index is 591. The van der Waals surface area contributed by atoms with Crippen molar-refractivity contribution in [3.8, 4) is 5.75 Å². The van der Waals surface area contributed by atoms with Gasteiger partial charge in [-0.2, -0.15) is 0 Å². The van der Waals surface area contributed by atoms with Crippen molar-refractivity contribution in [3.05, 3.63) is 42.0 Å². The van der Waals surface area contributed by atoms with E-state index in [9.17, 15) is 5.11 Å². The summed E-state index contributed by atoms with van der Waals surface area (Å²) in [4.78, 5) is 0. The van der Waals surface area contributed by atoms with E-state index in [1.807, 2.05) is 30.3 Å². The molecule has 3 heteroatoms. The fraction of sp³-hybridized carbons (Fsp3) is 0.412. The SMILES string of the molecule is CC(NN1CCCCC1)c1ccc2ccccc2c1O. The second kappa shape index (κ2) is 5.81. The van der Waals surface area contributed by atoms with Gasteiger partial charge in [-0.1, -0.05) is 42.8 Å². The Balaban J connectivity index is 1.83. The van der Waals surface area contributed by atoms with Gasteiger partial charge in [-0.15, -0.1) is 0 Å². The third-order valence-corrected chi connectivity index (χ3v) is 4.13. The lowest BCUT2D eigenvalue weighted by molar-refractivity contribution is 0.132. The second-order valence-electron chi connectivity index (χ2n) is 5.62. The summed E-state index contributed by atoms with van der Waals surface area (Å²) in [6, 6.07) is 12.2. The molecule has 106 valence electrons. The molecule has 0 bridgehead atoms. The van der Waals surface area contributed by atoms with Crippen molar-refractivity contribution in [2.45, 2.75) is 32.2 Å². The lowest BCUT2D eigenvalue weighted by Crippen LogP contribution is -2.42. The van der Waals surface area contributed by atoms with Crippen LogP contribution in [0.15, 0.2) is 36.4 Å². The number of nitrogens with zero attached hydrogens (tertiary/aromatic N) is 1. The van der Waals surface area contributed by atoms with Gasteiger partial charge in [-0.05, 0) is 25.2 Å². The Morgan fingerprint density at radius 2 is 1.80 bits per heavy atom. The van der Waals surface area contributed by atoms with E-state index in [4.69, 9.17) is 0 Å². The molecule has 20 heavy (non-hydrogen) atoms. The summed E-state index contributed by atoms with van der Waals surface area (Å²) < 4.78 is 0. The van der Waals surface area contributed by atoms with Crippen LogP contribution in [0.25, 0.3) is 10.8 Å². The molecule has 0 amide bonds. The Kier molecular flexibility index (Phi) is 3.90. The summed E-state index contributed by atoms with van der Waals surface area (Å²) in [7, 11) is 0. The molecule has 2 N–H and O–H groups in total. The molecule has 0 saturated carbocycles. The van der Waals surface area contributed by atoms with Gasteiger partial charge in [0.1, 0.15) is 5.75 Å². The molecule has 2 aromatic rings. The molecule has 1 unspecified atom stereocenters. The quantitative estimate of drug-likeness (QED) is 0.894. The molecule has 1 aliphatic heterocycles. The van der Waals surface area contributed by atoms with Gasteiger partial charge in [0, 0.05) is 30.1 Å². The maximum absolute atomic E-state index is 10.5. The Labute approximate surface area is 120 Å². The number of rotatable bonds is 3. The Morgan fingerprint density at radius 1 is 1.05 bits per heavy atom. The van der Waals surface area contributed by atoms with Crippen molar-refractivity contribution in [3.63, 3.8) is 0 Å². The van der Waals surface area contributed by atoms with Gasteiger partial charge in [0.2, 0.25) is 0 Å². The van der Waals surface area contributed by atoms with Gasteiger partial charge in [0.15, 0.2) is 0 Å². The highest BCUT2D eigenvalue weighted by molar-refractivity contribution is 5.89. The average molecular weight is 270 g/mol. The standard InChI is InChI=1S/C17H22N2O/c1-13(18-19-11-5-2-6-12-19)15-10-9-14-7-3-4-8-16(14)17(15)20/h3-4,7-10,13,18,20H,2,5-6,11-12H2,1H3. The van der Waals surface area contributed by atoms with E-state index in [2.05, 4.69) is 23.4 Å². The molecular weight excluding hydrogens is 248 g/mol. The molecule has 1 fully saturated rings. The highest BCUT2D eigenvalue weighted by Gasteiger charge is 2.17. The minimum absolute atomic E-state index is 0.123. The zero-order valence-corrected chi connectivity index (χ0v) is 12.0. The van der Waals surface area contributed by atoms with E-state index in [0.29, 0.717) is 5.75 Å².